The van der Waals surface area contributed by atoms with Gasteiger partial charge in [-0.25, -0.2) is 0 Å². The van der Waals surface area contributed by atoms with E-state index in [1.165, 1.54) is 12.8 Å². The summed E-state index contributed by atoms with van der Waals surface area (Å²) in [4.78, 5) is 2.59. The van der Waals surface area contributed by atoms with E-state index in [0.29, 0.717) is 22.8 Å². The molecule has 1 aromatic rings. The number of aliphatic hydroxyl groups is 1. The Hall–Kier alpha value is -1.17. The first-order valence-electron chi connectivity index (χ1n) is 7.52. The molecule has 0 heterocycles. The molecular formula is C16H24N2O2S. The molecule has 1 aliphatic rings. The summed E-state index contributed by atoms with van der Waals surface area (Å²) in [5.41, 5.74) is 6.38. The van der Waals surface area contributed by atoms with Crippen molar-refractivity contribution >= 4 is 17.2 Å². The zero-order valence-electron chi connectivity index (χ0n) is 12.5. The van der Waals surface area contributed by atoms with Gasteiger partial charge in [0, 0.05) is 13.1 Å². The van der Waals surface area contributed by atoms with Gasteiger partial charge in [0.2, 0.25) is 0 Å². The highest BCUT2D eigenvalue weighted by molar-refractivity contribution is 7.80. The fourth-order valence-electron chi connectivity index (χ4n) is 2.33. The van der Waals surface area contributed by atoms with E-state index >= 15 is 0 Å². The number of hydrogen-bond acceptors (Lipinski definition) is 4. The molecule has 1 atom stereocenters. The number of rotatable bonds is 9. The van der Waals surface area contributed by atoms with E-state index < -0.39 is 6.10 Å². The van der Waals surface area contributed by atoms with E-state index in [1.807, 2.05) is 24.3 Å². The summed E-state index contributed by atoms with van der Waals surface area (Å²) >= 11 is 5.00. The molecule has 0 aliphatic heterocycles. The van der Waals surface area contributed by atoms with Crippen LogP contribution in [-0.4, -0.2) is 47.3 Å². The molecule has 3 N–H and O–H groups in total. The molecule has 0 bridgehead atoms. The van der Waals surface area contributed by atoms with Crippen LogP contribution in [0.3, 0.4) is 0 Å². The first-order valence-corrected chi connectivity index (χ1v) is 7.93. The lowest BCUT2D eigenvalue weighted by atomic mass is 10.2. The second-order valence-electron chi connectivity index (χ2n) is 5.62. The molecule has 4 nitrogen and oxygen atoms in total. The molecule has 5 heteroatoms. The lowest BCUT2D eigenvalue weighted by Crippen LogP contribution is -2.36. The first-order chi connectivity index (χ1) is 10.1. The van der Waals surface area contributed by atoms with Gasteiger partial charge in [-0.2, -0.15) is 0 Å². The Labute approximate surface area is 131 Å². The zero-order chi connectivity index (χ0) is 15.2. The summed E-state index contributed by atoms with van der Waals surface area (Å²) in [6, 6.07) is 7.39. The standard InChI is InChI=1S/C16H24N2O2S/c1-2-18(9-12-7-8-12)10-13(19)11-20-15-6-4-3-5-14(15)16(17)21/h3-6,12-13,19H,2,7-11H2,1H3,(H2,17,21). The number of ether oxygens (including phenoxy) is 1. The summed E-state index contributed by atoms with van der Waals surface area (Å²) in [7, 11) is 0. The summed E-state index contributed by atoms with van der Waals surface area (Å²) in [5, 5.41) is 10.1. The van der Waals surface area contributed by atoms with Gasteiger partial charge in [-0.1, -0.05) is 31.3 Å². The third-order valence-electron chi connectivity index (χ3n) is 3.71. The second-order valence-corrected chi connectivity index (χ2v) is 6.06. The van der Waals surface area contributed by atoms with Crippen LogP contribution in [-0.2, 0) is 0 Å². The summed E-state index contributed by atoms with van der Waals surface area (Å²) in [6.07, 6.45) is 2.14. The Balaban J connectivity index is 1.82. The normalized spacial score (nSPS) is 16.0. The van der Waals surface area contributed by atoms with Crippen LogP contribution < -0.4 is 10.5 Å². The van der Waals surface area contributed by atoms with E-state index in [9.17, 15) is 5.11 Å². The molecule has 1 fully saturated rings. The molecule has 1 saturated carbocycles. The number of nitrogens with two attached hydrogens (primary N) is 1. The Morgan fingerprint density at radius 2 is 2.19 bits per heavy atom. The van der Waals surface area contributed by atoms with Crippen LogP contribution in [0.5, 0.6) is 5.75 Å². The van der Waals surface area contributed by atoms with Crippen LogP contribution in [0.1, 0.15) is 25.3 Å². The third-order valence-corrected chi connectivity index (χ3v) is 3.93. The number of benzene rings is 1. The van der Waals surface area contributed by atoms with Crippen molar-refractivity contribution in [3.63, 3.8) is 0 Å². The molecule has 0 amide bonds. The van der Waals surface area contributed by atoms with Crippen molar-refractivity contribution in [1.29, 1.82) is 0 Å². The lowest BCUT2D eigenvalue weighted by Gasteiger charge is -2.23. The molecule has 0 radical (unpaired) electrons. The Bertz CT molecular complexity index is 477. The molecule has 0 spiro atoms. The Morgan fingerprint density at radius 3 is 2.81 bits per heavy atom. The van der Waals surface area contributed by atoms with E-state index in [2.05, 4.69) is 11.8 Å². The van der Waals surface area contributed by atoms with Crippen LogP contribution in [0.2, 0.25) is 0 Å². The predicted molar refractivity (Wildman–Crippen MR) is 88.7 cm³/mol. The molecule has 0 aromatic heterocycles. The van der Waals surface area contributed by atoms with Gasteiger partial charge in [0.05, 0.1) is 5.56 Å². The second kappa shape index (κ2) is 7.73. The predicted octanol–water partition coefficient (Wildman–Crippen LogP) is 1.79. The molecule has 1 unspecified atom stereocenters. The maximum atomic E-state index is 10.1. The van der Waals surface area contributed by atoms with Crippen molar-refractivity contribution in [3.8, 4) is 5.75 Å². The number of para-hydroxylation sites is 1. The highest BCUT2D eigenvalue weighted by Crippen LogP contribution is 2.29. The van der Waals surface area contributed by atoms with Gasteiger partial charge >= 0.3 is 0 Å². The summed E-state index contributed by atoms with van der Waals surface area (Å²) < 4.78 is 5.68. The van der Waals surface area contributed by atoms with Gasteiger partial charge < -0.3 is 20.5 Å². The van der Waals surface area contributed by atoms with Crippen LogP contribution in [0.25, 0.3) is 0 Å². The number of likely N-dealkylation sites (N-methyl/N-ethyl adjacent to an activating group) is 1. The topological polar surface area (TPSA) is 58.7 Å². The maximum Gasteiger partial charge on any atom is 0.129 e. The molecular weight excluding hydrogens is 284 g/mol. The van der Waals surface area contributed by atoms with Gasteiger partial charge in [-0.05, 0) is 37.4 Å². The minimum atomic E-state index is -0.511. The van der Waals surface area contributed by atoms with Crippen molar-refractivity contribution in [2.24, 2.45) is 11.7 Å². The maximum absolute atomic E-state index is 10.1. The highest BCUT2D eigenvalue weighted by Gasteiger charge is 2.24. The van der Waals surface area contributed by atoms with E-state index in [4.69, 9.17) is 22.7 Å². The van der Waals surface area contributed by atoms with Crippen molar-refractivity contribution < 1.29 is 9.84 Å². The molecule has 21 heavy (non-hydrogen) atoms. The lowest BCUT2D eigenvalue weighted by molar-refractivity contribution is 0.0683. The first kappa shape index (κ1) is 16.2. The fourth-order valence-corrected chi connectivity index (χ4v) is 2.50. The Kier molecular flexibility index (Phi) is 5.96. The SMILES string of the molecule is CCN(CC(O)COc1ccccc1C(N)=S)CC1CC1. The molecule has 0 saturated heterocycles. The van der Waals surface area contributed by atoms with E-state index in [0.717, 1.165) is 19.0 Å². The zero-order valence-corrected chi connectivity index (χ0v) is 13.3. The van der Waals surface area contributed by atoms with Gasteiger partial charge in [0.25, 0.3) is 0 Å². The highest BCUT2D eigenvalue weighted by atomic mass is 32.1. The smallest absolute Gasteiger partial charge is 0.129 e. The van der Waals surface area contributed by atoms with Crippen molar-refractivity contribution in [1.82, 2.24) is 4.90 Å². The minimum absolute atomic E-state index is 0.251. The van der Waals surface area contributed by atoms with Crippen LogP contribution >= 0.6 is 12.2 Å². The fraction of sp³-hybridized carbons (Fsp3) is 0.562. The van der Waals surface area contributed by atoms with Gasteiger partial charge in [0.15, 0.2) is 0 Å². The van der Waals surface area contributed by atoms with Gasteiger partial charge in [0.1, 0.15) is 23.4 Å². The van der Waals surface area contributed by atoms with Crippen LogP contribution in [0.4, 0.5) is 0 Å². The average Bonchev–Trinajstić information content (AvgIpc) is 3.28. The molecule has 2 rings (SSSR count). The number of nitrogens with zero attached hydrogens (tertiary/aromatic N) is 1. The minimum Gasteiger partial charge on any atom is -0.490 e. The number of thiocarbonyl (C=S) groups is 1. The molecule has 116 valence electrons. The van der Waals surface area contributed by atoms with Crippen LogP contribution in [0.15, 0.2) is 24.3 Å². The number of aliphatic hydroxyl groups excluding tert-OH is 1. The molecule has 1 aliphatic carbocycles. The van der Waals surface area contributed by atoms with Gasteiger partial charge in [-0.15, -0.1) is 0 Å². The van der Waals surface area contributed by atoms with E-state index in [1.54, 1.807) is 0 Å². The number of hydrogen-bond donors (Lipinski definition) is 2. The summed E-state index contributed by atoms with van der Waals surface area (Å²) in [5.74, 6) is 1.46. The van der Waals surface area contributed by atoms with Crippen molar-refractivity contribution in [3.05, 3.63) is 29.8 Å². The molecule has 1 aromatic carbocycles. The average molecular weight is 308 g/mol. The Morgan fingerprint density at radius 1 is 1.48 bits per heavy atom. The van der Waals surface area contributed by atoms with Crippen molar-refractivity contribution in [2.75, 3.05) is 26.2 Å². The van der Waals surface area contributed by atoms with Gasteiger partial charge in [-0.3, -0.25) is 0 Å². The van der Waals surface area contributed by atoms with E-state index in [-0.39, 0.29) is 6.61 Å². The van der Waals surface area contributed by atoms with Crippen LogP contribution in [0, 0.1) is 5.92 Å². The van der Waals surface area contributed by atoms with Crippen molar-refractivity contribution in [2.45, 2.75) is 25.9 Å². The monoisotopic (exact) mass is 308 g/mol. The largest absolute Gasteiger partial charge is 0.490 e. The third kappa shape index (κ3) is 5.26. The quantitative estimate of drug-likeness (QED) is 0.681. The summed E-state index contributed by atoms with van der Waals surface area (Å²) in [6.45, 7) is 5.05.